The Hall–Kier alpha value is -0.570. The number of aliphatic carboxylic acids is 1. The topological polar surface area (TPSA) is 40.5 Å². The molecule has 0 aromatic heterocycles. The van der Waals surface area contributed by atoms with Crippen molar-refractivity contribution in [3.63, 3.8) is 0 Å². The molecule has 0 saturated heterocycles. The average Bonchev–Trinajstić information content (AvgIpc) is 2.29. The van der Waals surface area contributed by atoms with Gasteiger partial charge in [0, 0.05) is 6.54 Å². The van der Waals surface area contributed by atoms with E-state index in [-0.39, 0.29) is 6.54 Å². The Labute approximate surface area is 112 Å². The molecule has 1 saturated carbocycles. The van der Waals surface area contributed by atoms with Gasteiger partial charge >= 0.3 is 5.97 Å². The van der Waals surface area contributed by atoms with Crippen molar-refractivity contribution in [1.29, 1.82) is 0 Å². The van der Waals surface area contributed by atoms with Crippen LogP contribution in [0.3, 0.4) is 0 Å². The van der Waals surface area contributed by atoms with Crippen LogP contribution in [-0.4, -0.2) is 35.6 Å². The van der Waals surface area contributed by atoms with Crippen LogP contribution in [0.1, 0.15) is 52.9 Å². The Bertz CT molecular complexity index is 245. The zero-order chi connectivity index (χ0) is 13.5. The molecule has 0 aliphatic heterocycles. The number of hydrogen-bond acceptors (Lipinski definition) is 2. The number of carbonyl (C=O) groups is 1. The molecule has 0 spiro atoms. The molecule has 1 fully saturated rings. The normalized spacial score (nSPS) is 24.7. The molecular formula is C15H29NO2. The van der Waals surface area contributed by atoms with Gasteiger partial charge in [-0.25, -0.2) is 0 Å². The van der Waals surface area contributed by atoms with Crippen molar-refractivity contribution in [3.8, 4) is 0 Å². The second kappa shape index (κ2) is 7.78. The minimum Gasteiger partial charge on any atom is -0.480 e. The van der Waals surface area contributed by atoms with Gasteiger partial charge in [0.25, 0.3) is 0 Å². The summed E-state index contributed by atoms with van der Waals surface area (Å²) in [5, 5.41) is 8.91. The molecule has 3 nitrogen and oxygen atoms in total. The van der Waals surface area contributed by atoms with Gasteiger partial charge in [-0.1, -0.05) is 20.8 Å². The maximum atomic E-state index is 10.8. The molecule has 0 aromatic rings. The zero-order valence-electron chi connectivity index (χ0n) is 12.2. The van der Waals surface area contributed by atoms with Crippen molar-refractivity contribution >= 4 is 5.97 Å². The van der Waals surface area contributed by atoms with E-state index in [4.69, 9.17) is 5.11 Å². The highest BCUT2D eigenvalue weighted by molar-refractivity contribution is 5.69. The second-order valence-electron chi connectivity index (χ2n) is 6.15. The minimum absolute atomic E-state index is 0.206. The van der Waals surface area contributed by atoms with E-state index in [9.17, 15) is 4.79 Å². The maximum Gasteiger partial charge on any atom is 0.317 e. The lowest BCUT2D eigenvalue weighted by atomic mass is 9.77. The molecule has 0 aromatic carbocycles. The highest BCUT2D eigenvalue weighted by Gasteiger charge is 2.24. The lowest BCUT2D eigenvalue weighted by Gasteiger charge is -2.33. The zero-order valence-corrected chi connectivity index (χ0v) is 12.2. The Balaban J connectivity index is 2.34. The first-order chi connectivity index (χ1) is 8.52. The summed E-state index contributed by atoms with van der Waals surface area (Å²) in [5.41, 5.74) is 0. The summed E-state index contributed by atoms with van der Waals surface area (Å²) in [5.74, 6) is 1.71. The molecule has 1 rings (SSSR count). The van der Waals surface area contributed by atoms with Crippen LogP contribution in [0.2, 0.25) is 0 Å². The van der Waals surface area contributed by atoms with Gasteiger partial charge < -0.3 is 5.11 Å². The fourth-order valence-electron chi connectivity index (χ4n) is 3.15. The van der Waals surface area contributed by atoms with E-state index in [0.717, 1.165) is 31.3 Å². The van der Waals surface area contributed by atoms with Crippen LogP contribution in [0.5, 0.6) is 0 Å². The number of hydrogen-bond donors (Lipinski definition) is 1. The lowest BCUT2D eigenvalue weighted by Crippen LogP contribution is -2.36. The van der Waals surface area contributed by atoms with E-state index in [2.05, 4.69) is 25.7 Å². The van der Waals surface area contributed by atoms with Crippen LogP contribution in [0.25, 0.3) is 0 Å². The molecule has 1 aliphatic carbocycles. The lowest BCUT2D eigenvalue weighted by molar-refractivity contribution is -0.138. The predicted octanol–water partition coefficient (Wildman–Crippen LogP) is 3.25. The van der Waals surface area contributed by atoms with Gasteiger partial charge in [-0.15, -0.1) is 0 Å². The van der Waals surface area contributed by atoms with Gasteiger partial charge in [-0.05, 0) is 56.4 Å². The van der Waals surface area contributed by atoms with Crippen molar-refractivity contribution in [1.82, 2.24) is 4.90 Å². The molecule has 0 radical (unpaired) electrons. The van der Waals surface area contributed by atoms with Crippen molar-refractivity contribution in [2.45, 2.75) is 52.9 Å². The molecule has 1 aliphatic rings. The van der Waals surface area contributed by atoms with Crippen molar-refractivity contribution in [3.05, 3.63) is 0 Å². The fraction of sp³-hybridized carbons (Fsp3) is 0.933. The smallest absolute Gasteiger partial charge is 0.317 e. The summed E-state index contributed by atoms with van der Waals surface area (Å²) < 4.78 is 0. The molecule has 106 valence electrons. The number of carboxylic acids is 1. The van der Waals surface area contributed by atoms with Crippen LogP contribution >= 0.6 is 0 Å². The third-order valence-electron chi connectivity index (χ3n) is 4.25. The SMILES string of the molecule is CCCN(CC(=O)O)CC1CCC(C(C)C)CC1. The second-order valence-corrected chi connectivity index (χ2v) is 6.15. The van der Waals surface area contributed by atoms with Gasteiger partial charge in [-0.2, -0.15) is 0 Å². The number of nitrogens with zero attached hydrogens (tertiary/aromatic N) is 1. The molecule has 0 unspecified atom stereocenters. The van der Waals surface area contributed by atoms with Gasteiger partial charge in [0.2, 0.25) is 0 Å². The van der Waals surface area contributed by atoms with E-state index in [1.165, 1.54) is 25.7 Å². The first-order valence-electron chi connectivity index (χ1n) is 7.47. The van der Waals surface area contributed by atoms with Gasteiger partial charge in [-0.3, -0.25) is 9.69 Å². The maximum absolute atomic E-state index is 10.8. The number of carboxylic acid groups (broad SMARTS) is 1. The summed E-state index contributed by atoms with van der Waals surface area (Å²) in [4.78, 5) is 12.9. The van der Waals surface area contributed by atoms with Gasteiger partial charge in [0.15, 0.2) is 0 Å². The van der Waals surface area contributed by atoms with Crippen LogP contribution in [0, 0.1) is 17.8 Å². The summed E-state index contributed by atoms with van der Waals surface area (Å²) >= 11 is 0. The largest absolute Gasteiger partial charge is 0.480 e. The standard InChI is InChI=1S/C15H29NO2/c1-4-9-16(11-15(17)18)10-13-5-7-14(8-6-13)12(2)3/h12-14H,4-11H2,1-3H3,(H,17,18). The molecule has 18 heavy (non-hydrogen) atoms. The number of rotatable bonds is 7. The van der Waals surface area contributed by atoms with Gasteiger partial charge in [0.05, 0.1) is 6.54 Å². The Morgan fingerprint density at radius 2 is 1.89 bits per heavy atom. The fourth-order valence-corrected chi connectivity index (χ4v) is 3.15. The molecular weight excluding hydrogens is 226 g/mol. The quantitative estimate of drug-likeness (QED) is 0.759. The predicted molar refractivity (Wildman–Crippen MR) is 74.7 cm³/mol. The van der Waals surface area contributed by atoms with E-state index in [1.807, 2.05) is 0 Å². The highest BCUT2D eigenvalue weighted by atomic mass is 16.4. The monoisotopic (exact) mass is 255 g/mol. The third kappa shape index (κ3) is 5.38. The van der Waals surface area contributed by atoms with Crippen LogP contribution in [0.4, 0.5) is 0 Å². The van der Waals surface area contributed by atoms with E-state index in [1.54, 1.807) is 0 Å². The molecule has 0 amide bonds. The molecule has 1 N–H and O–H groups in total. The molecule has 3 heteroatoms. The Kier molecular flexibility index (Phi) is 6.69. The van der Waals surface area contributed by atoms with E-state index < -0.39 is 5.97 Å². The molecule has 0 heterocycles. The van der Waals surface area contributed by atoms with Crippen LogP contribution < -0.4 is 0 Å². The Morgan fingerprint density at radius 1 is 1.28 bits per heavy atom. The summed E-state index contributed by atoms with van der Waals surface area (Å²) in [6, 6.07) is 0. The average molecular weight is 255 g/mol. The third-order valence-corrected chi connectivity index (χ3v) is 4.25. The highest BCUT2D eigenvalue weighted by Crippen LogP contribution is 2.33. The summed E-state index contributed by atoms with van der Waals surface area (Å²) in [6.45, 7) is 8.85. The van der Waals surface area contributed by atoms with Crippen molar-refractivity contribution in [2.75, 3.05) is 19.6 Å². The van der Waals surface area contributed by atoms with E-state index in [0.29, 0.717) is 5.92 Å². The van der Waals surface area contributed by atoms with Crippen LogP contribution in [-0.2, 0) is 4.79 Å². The summed E-state index contributed by atoms with van der Waals surface area (Å²) in [6.07, 6.45) is 6.25. The first kappa shape index (κ1) is 15.5. The molecule has 0 atom stereocenters. The first-order valence-corrected chi connectivity index (χ1v) is 7.47. The van der Waals surface area contributed by atoms with Gasteiger partial charge in [0.1, 0.15) is 0 Å². The Morgan fingerprint density at radius 3 is 2.33 bits per heavy atom. The van der Waals surface area contributed by atoms with Crippen LogP contribution in [0.15, 0.2) is 0 Å². The molecule has 0 bridgehead atoms. The van der Waals surface area contributed by atoms with E-state index >= 15 is 0 Å². The minimum atomic E-state index is -0.695. The van der Waals surface area contributed by atoms with Crippen molar-refractivity contribution < 1.29 is 9.90 Å². The van der Waals surface area contributed by atoms with Crippen molar-refractivity contribution in [2.24, 2.45) is 17.8 Å². The summed E-state index contributed by atoms with van der Waals surface area (Å²) in [7, 11) is 0.